The first kappa shape index (κ1) is 12.7. The van der Waals surface area contributed by atoms with Crippen molar-refractivity contribution >= 4 is 5.91 Å². The quantitative estimate of drug-likeness (QED) is 0.648. The van der Waals surface area contributed by atoms with Crippen LogP contribution in [0.25, 0.3) is 0 Å². The Morgan fingerprint density at radius 3 is 2.81 bits per heavy atom. The Balaban J connectivity index is 2.53. The number of hydrogen-bond acceptors (Lipinski definition) is 4. The number of hydrogen-bond donors (Lipinski definition) is 3. The predicted molar refractivity (Wildman–Crippen MR) is 58.3 cm³/mol. The van der Waals surface area contributed by atoms with Gasteiger partial charge in [-0.3, -0.25) is 9.89 Å². The molecule has 0 spiro atoms. The number of ether oxygens (including phenoxy) is 1. The van der Waals surface area contributed by atoms with Gasteiger partial charge in [0.05, 0.1) is 24.0 Å². The van der Waals surface area contributed by atoms with Crippen LogP contribution in [-0.4, -0.2) is 47.6 Å². The molecule has 3 N–H and O–H groups in total. The van der Waals surface area contributed by atoms with Crippen LogP contribution < -0.4 is 5.32 Å². The van der Waals surface area contributed by atoms with Gasteiger partial charge in [0.2, 0.25) is 0 Å². The molecule has 0 aliphatic carbocycles. The molecule has 0 aliphatic rings. The molecule has 0 bridgehead atoms. The van der Waals surface area contributed by atoms with Gasteiger partial charge in [-0.25, -0.2) is 0 Å². The molecular formula is C10H17N3O3. The van der Waals surface area contributed by atoms with E-state index in [1.165, 1.54) is 7.11 Å². The van der Waals surface area contributed by atoms with Crippen LogP contribution in [0.4, 0.5) is 0 Å². The maximum absolute atomic E-state index is 11.7. The lowest BCUT2D eigenvalue weighted by atomic mass is 10.2. The molecule has 6 nitrogen and oxygen atoms in total. The average molecular weight is 227 g/mol. The summed E-state index contributed by atoms with van der Waals surface area (Å²) >= 11 is 0. The second-order valence-electron chi connectivity index (χ2n) is 3.63. The average Bonchev–Trinajstić information content (AvgIpc) is 2.56. The summed E-state index contributed by atoms with van der Waals surface area (Å²) in [5.41, 5.74) is 1.90. The molecule has 0 saturated carbocycles. The van der Waals surface area contributed by atoms with Crippen LogP contribution in [0.3, 0.4) is 0 Å². The van der Waals surface area contributed by atoms with E-state index >= 15 is 0 Å². The maximum Gasteiger partial charge on any atom is 0.255 e. The molecule has 6 heteroatoms. The van der Waals surface area contributed by atoms with Crippen molar-refractivity contribution < 1.29 is 14.6 Å². The van der Waals surface area contributed by atoms with Gasteiger partial charge in [0, 0.05) is 19.3 Å². The van der Waals surface area contributed by atoms with Crippen molar-refractivity contribution in [3.8, 4) is 0 Å². The zero-order valence-corrected chi connectivity index (χ0v) is 9.70. The summed E-state index contributed by atoms with van der Waals surface area (Å²) in [4.78, 5) is 11.7. The summed E-state index contributed by atoms with van der Waals surface area (Å²) in [7, 11) is 1.50. The van der Waals surface area contributed by atoms with Crippen LogP contribution in [-0.2, 0) is 4.74 Å². The Morgan fingerprint density at radius 2 is 2.31 bits per heavy atom. The van der Waals surface area contributed by atoms with Crippen molar-refractivity contribution in [2.24, 2.45) is 0 Å². The highest BCUT2D eigenvalue weighted by Gasteiger charge is 2.15. The molecule has 90 valence electrons. The van der Waals surface area contributed by atoms with Crippen molar-refractivity contribution in [2.45, 2.75) is 20.0 Å². The smallest absolute Gasteiger partial charge is 0.255 e. The van der Waals surface area contributed by atoms with E-state index < -0.39 is 6.10 Å². The molecule has 0 aliphatic heterocycles. The van der Waals surface area contributed by atoms with Gasteiger partial charge in [-0.05, 0) is 13.8 Å². The van der Waals surface area contributed by atoms with Crippen molar-refractivity contribution in [3.05, 3.63) is 17.0 Å². The molecule has 1 unspecified atom stereocenters. The minimum absolute atomic E-state index is 0.163. The van der Waals surface area contributed by atoms with Crippen LogP contribution in [0.15, 0.2) is 0 Å². The number of aliphatic hydroxyl groups is 1. The minimum Gasteiger partial charge on any atom is -0.389 e. The summed E-state index contributed by atoms with van der Waals surface area (Å²) in [6.45, 7) is 3.89. The number of nitrogens with one attached hydrogen (secondary N) is 2. The fraction of sp³-hybridized carbons (Fsp3) is 0.600. The van der Waals surface area contributed by atoms with Crippen LogP contribution in [0, 0.1) is 13.8 Å². The van der Waals surface area contributed by atoms with Gasteiger partial charge in [-0.15, -0.1) is 0 Å². The third kappa shape index (κ3) is 3.04. The number of carbonyl (C=O) groups is 1. The Hall–Kier alpha value is -1.40. The lowest BCUT2D eigenvalue weighted by molar-refractivity contribution is 0.0609. The highest BCUT2D eigenvalue weighted by atomic mass is 16.5. The Kier molecular flexibility index (Phi) is 4.45. The Bertz CT molecular complexity index is 343. The topological polar surface area (TPSA) is 87.2 Å². The standard InChI is InChI=1S/C10H17N3O3/c1-6-9(7(2)13-12-6)10(15)11-4-8(14)5-16-3/h8,14H,4-5H2,1-3H3,(H,11,15)(H,12,13). The van der Waals surface area contributed by atoms with E-state index in [0.717, 1.165) is 5.69 Å². The van der Waals surface area contributed by atoms with E-state index in [-0.39, 0.29) is 19.1 Å². The SMILES string of the molecule is COCC(O)CNC(=O)c1c(C)n[nH]c1C. The van der Waals surface area contributed by atoms with E-state index in [1.807, 2.05) is 0 Å². The van der Waals surface area contributed by atoms with Gasteiger partial charge in [0.1, 0.15) is 0 Å². The predicted octanol–water partition coefficient (Wildman–Crippen LogP) is -0.236. The third-order valence-corrected chi connectivity index (χ3v) is 2.21. The zero-order chi connectivity index (χ0) is 12.1. The van der Waals surface area contributed by atoms with Crippen LogP contribution in [0.5, 0.6) is 0 Å². The highest BCUT2D eigenvalue weighted by molar-refractivity contribution is 5.96. The number of methoxy groups -OCH3 is 1. The summed E-state index contributed by atoms with van der Waals surface area (Å²) in [6.07, 6.45) is -0.693. The van der Waals surface area contributed by atoms with Crippen molar-refractivity contribution in [2.75, 3.05) is 20.3 Å². The van der Waals surface area contributed by atoms with Crippen LogP contribution in [0.1, 0.15) is 21.7 Å². The lowest BCUT2D eigenvalue weighted by Gasteiger charge is -2.10. The summed E-state index contributed by atoms with van der Waals surface area (Å²) < 4.78 is 4.75. The fourth-order valence-corrected chi connectivity index (χ4v) is 1.44. The second-order valence-corrected chi connectivity index (χ2v) is 3.63. The lowest BCUT2D eigenvalue weighted by Crippen LogP contribution is -2.34. The molecule has 1 amide bonds. The Morgan fingerprint density at radius 1 is 1.62 bits per heavy atom. The number of nitrogens with zero attached hydrogens (tertiary/aromatic N) is 1. The minimum atomic E-state index is -0.693. The normalized spacial score (nSPS) is 12.5. The molecule has 1 aromatic rings. The molecule has 1 heterocycles. The summed E-state index contributed by atoms with van der Waals surface area (Å²) in [5, 5.41) is 18.7. The van der Waals surface area contributed by atoms with Gasteiger partial charge in [-0.1, -0.05) is 0 Å². The maximum atomic E-state index is 11.7. The molecule has 0 saturated heterocycles. The van der Waals surface area contributed by atoms with Crippen molar-refractivity contribution in [1.82, 2.24) is 15.5 Å². The number of aromatic nitrogens is 2. The molecule has 16 heavy (non-hydrogen) atoms. The largest absolute Gasteiger partial charge is 0.389 e. The number of aryl methyl sites for hydroxylation is 2. The molecule has 1 atom stereocenters. The number of rotatable bonds is 5. The number of H-pyrrole nitrogens is 1. The van der Waals surface area contributed by atoms with E-state index in [9.17, 15) is 9.90 Å². The Labute approximate surface area is 94.0 Å². The van der Waals surface area contributed by atoms with E-state index in [2.05, 4.69) is 15.5 Å². The molecule has 1 aromatic heterocycles. The van der Waals surface area contributed by atoms with E-state index in [0.29, 0.717) is 11.3 Å². The van der Waals surface area contributed by atoms with E-state index in [4.69, 9.17) is 4.74 Å². The van der Waals surface area contributed by atoms with Gasteiger partial charge < -0.3 is 15.2 Å². The van der Waals surface area contributed by atoms with Gasteiger partial charge in [0.25, 0.3) is 5.91 Å². The number of carbonyl (C=O) groups excluding carboxylic acids is 1. The number of amides is 1. The van der Waals surface area contributed by atoms with Crippen molar-refractivity contribution in [3.63, 3.8) is 0 Å². The summed E-state index contributed by atoms with van der Waals surface area (Å²) in [5.74, 6) is -0.237. The first-order chi connectivity index (χ1) is 7.56. The van der Waals surface area contributed by atoms with Gasteiger partial charge in [-0.2, -0.15) is 5.10 Å². The van der Waals surface area contributed by atoms with Crippen LogP contribution in [0.2, 0.25) is 0 Å². The second kappa shape index (κ2) is 5.62. The van der Waals surface area contributed by atoms with Gasteiger partial charge in [0.15, 0.2) is 0 Å². The molecule has 1 rings (SSSR count). The monoisotopic (exact) mass is 227 g/mol. The molecule has 0 radical (unpaired) electrons. The first-order valence-electron chi connectivity index (χ1n) is 5.03. The van der Waals surface area contributed by atoms with Crippen molar-refractivity contribution in [1.29, 1.82) is 0 Å². The fourth-order valence-electron chi connectivity index (χ4n) is 1.44. The third-order valence-electron chi connectivity index (χ3n) is 2.21. The van der Waals surface area contributed by atoms with E-state index in [1.54, 1.807) is 13.8 Å². The highest BCUT2D eigenvalue weighted by Crippen LogP contribution is 2.08. The molecular weight excluding hydrogens is 210 g/mol. The number of aliphatic hydroxyl groups excluding tert-OH is 1. The molecule has 0 aromatic carbocycles. The number of aromatic amines is 1. The van der Waals surface area contributed by atoms with Gasteiger partial charge >= 0.3 is 0 Å². The summed E-state index contributed by atoms with van der Waals surface area (Å²) in [6, 6.07) is 0. The zero-order valence-electron chi connectivity index (χ0n) is 9.70. The first-order valence-corrected chi connectivity index (χ1v) is 5.03. The molecule has 0 fully saturated rings. The van der Waals surface area contributed by atoms with Crippen LogP contribution >= 0.6 is 0 Å².